The Labute approximate surface area is 182 Å². The number of nitrogens with one attached hydrogen (secondary N) is 3. The molecule has 0 saturated carbocycles. The van der Waals surface area contributed by atoms with E-state index in [0.717, 1.165) is 12.0 Å². The van der Waals surface area contributed by atoms with Gasteiger partial charge < -0.3 is 15.5 Å². The highest BCUT2D eigenvalue weighted by Gasteiger charge is 2.35. The zero-order valence-electron chi connectivity index (χ0n) is 17.0. The highest BCUT2D eigenvalue weighted by molar-refractivity contribution is 6.04. The maximum atomic E-state index is 13.5. The lowest BCUT2D eigenvalue weighted by atomic mass is 9.92. The zero-order valence-corrected chi connectivity index (χ0v) is 17.0. The fourth-order valence-electron chi connectivity index (χ4n) is 4.21. The van der Waals surface area contributed by atoms with E-state index in [4.69, 9.17) is 0 Å². The van der Waals surface area contributed by atoms with Gasteiger partial charge in [-0.2, -0.15) is 4.98 Å². The first-order valence-electron chi connectivity index (χ1n) is 10.3. The van der Waals surface area contributed by atoms with Crippen molar-refractivity contribution in [3.05, 3.63) is 81.4 Å². The lowest BCUT2D eigenvalue weighted by Gasteiger charge is -2.30. The summed E-state index contributed by atoms with van der Waals surface area (Å²) in [5, 5.41) is 5.20. The molecule has 0 aliphatic carbocycles. The van der Waals surface area contributed by atoms with Crippen molar-refractivity contribution in [1.82, 2.24) is 9.97 Å². The molecule has 162 valence electrons. The number of halogens is 1. The molecule has 0 fully saturated rings. The molecule has 1 aromatic heterocycles. The van der Waals surface area contributed by atoms with Crippen LogP contribution in [0.1, 0.15) is 29.0 Å². The van der Waals surface area contributed by atoms with Crippen molar-refractivity contribution >= 4 is 29.3 Å². The van der Waals surface area contributed by atoms with Crippen LogP contribution in [0.25, 0.3) is 0 Å². The van der Waals surface area contributed by atoms with Gasteiger partial charge in [-0.1, -0.05) is 30.3 Å². The third kappa shape index (κ3) is 3.73. The van der Waals surface area contributed by atoms with E-state index in [1.165, 1.54) is 29.8 Å². The van der Waals surface area contributed by atoms with Gasteiger partial charge in [0.2, 0.25) is 17.8 Å². The molecule has 2 aromatic carbocycles. The average molecular weight is 433 g/mol. The molecule has 0 unspecified atom stereocenters. The summed E-state index contributed by atoms with van der Waals surface area (Å²) in [6.07, 6.45) is 0.608. The first kappa shape index (κ1) is 19.9. The van der Waals surface area contributed by atoms with Crippen molar-refractivity contribution in [2.24, 2.45) is 0 Å². The molecule has 0 spiro atoms. The molecule has 2 aliphatic rings. The number of aromatic nitrogens is 2. The van der Waals surface area contributed by atoms with E-state index in [2.05, 4.69) is 26.7 Å². The number of amides is 2. The van der Waals surface area contributed by atoms with Crippen LogP contribution in [0, 0.1) is 5.82 Å². The molecule has 3 heterocycles. The van der Waals surface area contributed by atoms with E-state index in [-0.39, 0.29) is 23.5 Å². The van der Waals surface area contributed by atoms with E-state index >= 15 is 0 Å². The Morgan fingerprint density at radius 2 is 1.94 bits per heavy atom. The molecule has 32 heavy (non-hydrogen) atoms. The molecular weight excluding hydrogens is 413 g/mol. The van der Waals surface area contributed by atoms with E-state index in [1.807, 2.05) is 23.1 Å². The number of nitrogens with zero attached hydrogens (tertiary/aromatic N) is 2. The molecular formula is C23H20FN5O3. The predicted molar refractivity (Wildman–Crippen MR) is 117 cm³/mol. The highest BCUT2D eigenvalue weighted by Crippen LogP contribution is 2.31. The molecule has 3 aromatic rings. The Bertz CT molecular complexity index is 1290. The fourth-order valence-corrected chi connectivity index (χ4v) is 4.21. The number of hydrogen-bond acceptors (Lipinski definition) is 5. The van der Waals surface area contributed by atoms with E-state index < -0.39 is 29.1 Å². The summed E-state index contributed by atoms with van der Waals surface area (Å²) >= 11 is 0. The number of rotatable bonds is 3. The van der Waals surface area contributed by atoms with E-state index in [9.17, 15) is 18.8 Å². The average Bonchev–Trinajstić information content (AvgIpc) is 2.78. The Morgan fingerprint density at radius 3 is 2.75 bits per heavy atom. The summed E-state index contributed by atoms with van der Waals surface area (Å²) in [6.45, 7) is 1.24. The summed E-state index contributed by atoms with van der Waals surface area (Å²) in [4.78, 5) is 47.3. The number of aromatic amines is 1. The quantitative estimate of drug-likeness (QED) is 0.589. The Hall–Kier alpha value is -4.01. The third-order valence-corrected chi connectivity index (χ3v) is 5.78. The lowest BCUT2D eigenvalue weighted by molar-refractivity contribution is -0.123. The summed E-state index contributed by atoms with van der Waals surface area (Å²) in [7, 11) is 0. The summed E-state index contributed by atoms with van der Waals surface area (Å²) in [5.74, 6) is -2.09. The van der Waals surface area contributed by atoms with Gasteiger partial charge in [0.1, 0.15) is 11.6 Å². The summed E-state index contributed by atoms with van der Waals surface area (Å²) < 4.78 is 13.5. The van der Waals surface area contributed by atoms with Crippen LogP contribution in [0.5, 0.6) is 0 Å². The second-order valence-electron chi connectivity index (χ2n) is 7.90. The van der Waals surface area contributed by atoms with Crippen LogP contribution in [0.3, 0.4) is 0 Å². The molecule has 9 heteroatoms. The van der Waals surface area contributed by atoms with Gasteiger partial charge in [0, 0.05) is 25.2 Å². The van der Waals surface area contributed by atoms with Crippen LogP contribution >= 0.6 is 0 Å². The van der Waals surface area contributed by atoms with Gasteiger partial charge in [0.05, 0.1) is 11.5 Å². The smallest absolute Gasteiger partial charge is 0.258 e. The van der Waals surface area contributed by atoms with Crippen LogP contribution in [-0.2, 0) is 22.6 Å². The predicted octanol–water partition coefficient (Wildman–Crippen LogP) is 2.54. The van der Waals surface area contributed by atoms with Crippen molar-refractivity contribution in [3.63, 3.8) is 0 Å². The molecule has 3 N–H and O–H groups in total. The number of carbonyl (C=O) groups excluding carboxylic acids is 2. The van der Waals surface area contributed by atoms with Gasteiger partial charge >= 0.3 is 0 Å². The van der Waals surface area contributed by atoms with E-state index in [1.54, 1.807) is 0 Å². The standard InChI is InChI=1S/C23H20FN5O3/c24-15-6-3-7-16(10-15)25-21(31)17-11-18(30)26-20-19(17)22(32)28-23(27-20)29-9-8-13-4-1-2-5-14(13)12-29/h1-7,10,17H,8-9,11-12H2,(H,25,31)(H2,26,27,28,30,32)/t17-/m0/s1. The Balaban J connectivity index is 1.45. The van der Waals surface area contributed by atoms with Gasteiger partial charge in [-0.15, -0.1) is 0 Å². The lowest BCUT2D eigenvalue weighted by Crippen LogP contribution is -2.38. The maximum absolute atomic E-state index is 13.5. The van der Waals surface area contributed by atoms with Gasteiger partial charge in [-0.05, 0) is 35.7 Å². The Kier molecular flexibility index (Phi) is 4.93. The molecule has 0 saturated heterocycles. The minimum atomic E-state index is -1.03. The molecule has 1 atom stereocenters. The molecule has 2 aliphatic heterocycles. The second kappa shape index (κ2) is 7.92. The molecule has 0 bridgehead atoms. The van der Waals surface area contributed by atoms with Gasteiger partial charge in [-0.3, -0.25) is 19.4 Å². The molecule has 5 rings (SSSR count). The molecule has 0 radical (unpaired) electrons. The van der Waals surface area contributed by atoms with Gasteiger partial charge in [-0.25, -0.2) is 4.39 Å². The van der Waals surface area contributed by atoms with Crippen molar-refractivity contribution in [1.29, 1.82) is 0 Å². The van der Waals surface area contributed by atoms with Crippen LogP contribution in [0.4, 0.5) is 21.8 Å². The van der Waals surface area contributed by atoms with Crippen molar-refractivity contribution in [2.75, 3.05) is 22.1 Å². The van der Waals surface area contributed by atoms with Gasteiger partial charge in [0.15, 0.2) is 0 Å². The summed E-state index contributed by atoms with van der Waals surface area (Å²) in [5.41, 5.74) is 2.26. The van der Waals surface area contributed by atoms with Gasteiger partial charge in [0.25, 0.3) is 5.56 Å². The number of hydrogen-bond donors (Lipinski definition) is 3. The number of benzene rings is 2. The second-order valence-corrected chi connectivity index (χ2v) is 7.90. The zero-order chi connectivity index (χ0) is 22.2. The monoisotopic (exact) mass is 433 g/mol. The molecule has 2 amide bonds. The Morgan fingerprint density at radius 1 is 1.12 bits per heavy atom. The fraction of sp³-hybridized carbons (Fsp3) is 0.217. The maximum Gasteiger partial charge on any atom is 0.258 e. The van der Waals surface area contributed by atoms with Crippen LogP contribution in [-0.4, -0.2) is 28.3 Å². The number of H-pyrrole nitrogens is 1. The normalized spacial score (nSPS) is 17.2. The minimum Gasteiger partial charge on any atom is -0.338 e. The van der Waals surface area contributed by atoms with E-state index in [0.29, 0.717) is 19.0 Å². The number of anilines is 3. The SMILES string of the molecule is O=C1C[C@H](C(=O)Nc2cccc(F)c2)c2c(nc(N3CCc4ccccc4C3)[nH]c2=O)N1. The first-order valence-corrected chi connectivity index (χ1v) is 10.3. The minimum absolute atomic E-state index is 0.0817. The van der Waals surface area contributed by atoms with Crippen LogP contribution in [0.15, 0.2) is 53.3 Å². The first-order chi connectivity index (χ1) is 15.5. The van der Waals surface area contributed by atoms with Crippen molar-refractivity contribution in [3.8, 4) is 0 Å². The van der Waals surface area contributed by atoms with Crippen LogP contribution < -0.4 is 21.1 Å². The largest absolute Gasteiger partial charge is 0.338 e. The summed E-state index contributed by atoms with van der Waals surface area (Å²) in [6, 6.07) is 13.5. The topological polar surface area (TPSA) is 107 Å². The highest BCUT2D eigenvalue weighted by atomic mass is 19.1. The van der Waals surface area contributed by atoms with Crippen LogP contribution in [0.2, 0.25) is 0 Å². The van der Waals surface area contributed by atoms with Crippen molar-refractivity contribution in [2.45, 2.75) is 25.3 Å². The number of fused-ring (bicyclic) bond motifs is 2. The number of carbonyl (C=O) groups is 2. The molecule has 8 nitrogen and oxygen atoms in total. The third-order valence-electron chi connectivity index (χ3n) is 5.78. The van der Waals surface area contributed by atoms with Crippen molar-refractivity contribution < 1.29 is 14.0 Å².